The van der Waals surface area contributed by atoms with Gasteiger partial charge < -0.3 is 29.4 Å². The molecule has 1 unspecified atom stereocenters. The van der Waals surface area contributed by atoms with Crippen LogP contribution in [0.3, 0.4) is 0 Å². The number of piperidine rings is 2. The lowest BCUT2D eigenvalue weighted by Gasteiger charge is -2.46. The number of hydrogen-bond donors (Lipinski definition) is 3. The number of amides is 5. The third-order valence-electron chi connectivity index (χ3n) is 15.5. The molecule has 11 rings (SSSR count). The maximum absolute atomic E-state index is 14.1. The van der Waals surface area contributed by atoms with Gasteiger partial charge in [-0.1, -0.05) is 13.8 Å². The smallest absolute Gasteiger partial charge is 0.276 e. The van der Waals surface area contributed by atoms with Gasteiger partial charge in [0.25, 0.3) is 23.3 Å². The number of imide groups is 2. The largest absolute Gasteiger partial charge is 0.389 e. The van der Waals surface area contributed by atoms with Crippen LogP contribution >= 0.6 is 0 Å². The van der Waals surface area contributed by atoms with Gasteiger partial charge in [0.1, 0.15) is 29.1 Å². The first-order valence-electron chi connectivity index (χ1n) is 24.8. The Balaban J connectivity index is 0.726. The van der Waals surface area contributed by atoms with Gasteiger partial charge in [0.15, 0.2) is 0 Å². The van der Waals surface area contributed by atoms with E-state index < -0.39 is 35.8 Å². The molecule has 0 saturated carbocycles. The molecule has 1 aliphatic carbocycles. The molecule has 18 nitrogen and oxygen atoms in total. The van der Waals surface area contributed by atoms with Crippen LogP contribution in [-0.2, 0) is 36.0 Å². The zero-order valence-corrected chi connectivity index (χ0v) is 40.8. The van der Waals surface area contributed by atoms with E-state index in [1.807, 2.05) is 36.5 Å². The summed E-state index contributed by atoms with van der Waals surface area (Å²) in [5.74, 6) is -1.24. The van der Waals surface area contributed by atoms with Gasteiger partial charge in [-0.2, -0.15) is 0 Å². The van der Waals surface area contributed by atoms with Crippen molar-refractivity contribution in [3.8, 4) is 11.1 Å². The number of rotatable bonds is 9. The van der Waals surface area contributed by atoms with Gasteiger partial charge in [-0.3, -0.25) is 48.8 Å². The van der Waals surface area contributed by atoms with Gasteiger partial charge in [0, 0.05) is 106 Å². The lowest BCUT2D eigenvalue weighted by Crippen LogP contribution is -2.57. The molecule has 5 aromatic rings. The fourth-order valence-corrected chi connectivity index (χ4v) is 12.0. The molecule has 6 aliphatic rings. The minimum atomic E-state index is -0.993. The van der Waals surface area contributed by atoms with E-state index in [2.05, 4.69) is 55.7 Å². The lowest BCUT2D eigenvalue weighted by molar-refractivity contribution is -0.136. The molecule has 9 heterocycles. The van der Waals surface area contributed by atoms with Crippen molar-refractivity contribution in [3.63, 3.8) is 0 Å². The number of hydrogen-bond acceptors (Lipinski definition) is 13. The summed E-state index contributed by atoms with van der Waals surface area (Å²) in [7, 11) is 1.69. The molecule has 5 aliphatic heterocycles. The highest BCUT2D eigenvalue weighted by atomic mass is 16.3. The van der Waals surface area contributed by atoms with Crippen molar-refractivity contribution in [1.82, 2.24) is 34.2 Å². The quantitative estimate of drug-likeness (QED) is 0.171. The van der Waals surface area contributed by atoms with Crippen molar-refractivity contribution < 1.29 is 29.1 Å². The Kier molecular flexibility index (Phi) is 11.5. The number of nitrogens with zero attached hydrogens (tertiary/aromatic N) is 9. The van der Waals surface area contributed by atoms with E-state index in [0.29, 0.717) is 64.4 Å². The minimum absolute atomic E-state index is 0.0777. The van der Waals surface area contributed by atoms with E-state index in [9.17, 15) is 33.9 Å². The summed E-state index contributed by atoms with van der Waals surface area (Å²) in [6, 6.07) is 14.4. The average molecular weight is 962 g/mol. The fraction of sp³-hybridized carbons (Fsp3) is 0.434. The van der Waals surface area contributed by atoms with Crippen molar-refractivity contribution >= 4 is 58.2 Å². The van der Waals surface area contributed by atoms with E-state index >= 15 is 0 Å². The minimum Gasteiger partial charge on any atom is -0.389 e. The van der Waals surface area contributed by atoms with Crippen molar-refractivity contribution in [1.29, 1.82) is 0 Å². The Morgan fingerprint density at radius 1 is 0.817 bits per heavy atom. The van der Waals surface area contributed by atoms with E-state index in [-0.39, 0.29) is 41.3 Å². The standard InChI is InChI=1S/C53H59N11O7/c1-30-28-60(34-13-16-59(17-14-34)35-6-8-38-39(24-35)50(69)64(49(38)68)41-9-11-45(66)57-48(41)67)18-19-61(30)36-7-10-44(55-27-36)56-40-22-33(29-58(5)51(40)70)37-12-15-54-47(46(37)31(2)65)63-21-20-62-42(52(63)71)23-32-25-53(3,4)26-43(32)62/h6-8,10,12,15,22-24,27,29-31,34,41,65H,9,11,13-14,16-21,25-26,28H2,1-5H3,(H,55,56)(H,57,66,67)/t30-,31-,41?/m0/s1. The molecule has 3 N–H and O–H groups in total. The predicted molar refractivity (Wildman–Crippen MR) is 267 cm³/mol. The number of piperazine rings is 1. The highest BCUT2D eigenvalue weighted by molar-refractivity contribution is 6.23. The van der Waals surface area contributed by atoms with Crippen LogP contribution in [0.2, 0.25) is 0 Å². The number of benzene rings is 1. The fourth-order valence-electron chi connectivity index (χ4n) is 12.0. The van der Waals surface area contributed by atoms with Gasteiger partial charge in [-0.05, 0) is 111 Å². The first-order valence-corrected chi connectivity index (χ1v) is 24.8. The van der Waals surface area contributed by atoms with Crippen LogP contribution in [0.4, 0.5) is 28.7 Å². The topological polar surface area (TPSA) is 199 Å². The second kappa shape index (κ2) is 17.6. The maximum Gasteiger partial charge on any atom is 0.276 e. The number of carbonyl (C=O) groups excluding carboxylic acids is 5. The number of aliphatic hydroxyl groups excluding tert-OH is 1. The summed E-state index contributed by atoms with van der Waals surface area (Å²) in [5.41, 5.74) is 7.64. The summed E-state index contributed by atoms with van der Waals surface area (Å²) in [4.78, 5) is 97.9. The van der Waals surface area contributed by atoms with Crippen LogP contribution in [0.1, 0.15) is 108 Å². The number of fused-ring (bicyclic) bond motifs is 4. The van der Waals surface area contributed by atoms with Gasteiger partial charge >= 0.3 is 0 Å². The molecular weight excluding hydrogens is 903 g/mol. The molecule has 3 atom stereocenters. The van der Waals surface area contributed by atoms with E-state index in [0.717, 1.165) is 74.7 Å². The Morgan fingerprint density at radius 2 is 1.59 bits per heavy atom. The number of carbonyl (C=O) groups is 5. The molecule has 18 heteroatoms. The van der Waals surface area contributed by atoms with Gasteiger partial charge in [-0.25, -0.2) is 9.97 Å². The van der Waals surface area contributed by atoms with Crippen LogP contribution in [0.25, 0.3) is 11.1 Å². The molecule has 4 aromatic heterocycles. The SMILES string of the molecule is C[C@H](O)c1c(-c2cc(Nc3ccc(N4CCN(C5CCN(c6ccc7c(c6)C(=O)N(C6CCC(=O)NC6=O)C7=O)CC5)C[C@@H]4C)cn3)c(=O)n(C)c2)ccnc1N1CCn2c(cc3c2CC(C)(C)C3)C1=O. The molecule has 0 bridgehead atoms. The van der Waals surface area contributed by atoms with Crippen LogP contribution < -0.4 is 30.9 Å². The molecule has 3 fully saturated rings. The molecule has 3 saturated heterocycles. The maximum atomic E-state index is 14.1. The van der Waals surface area contributed by atoms with E-state index in [4.69, 9.17) is 4.98 Å². The molecule has 1 aromatic carbocycles. The van der Waals surface area contributed by atoms with Crippen LogP contribution in [0, 0.1) is 5.41 Å². The Hall–Kier alpha value is -7.18. The van der Waals surface area contributed by atoms with Crippen LogP contribution in [-0.4, -0.2) is 121 Å². The Morgan fingerprint density at radius 3 is 2.32 bits per heavy atom. The molecule has 0 spiro atoms. The van der Waals surface area contributed by atoms with Crippen molar-refractivity contribution in [2.75, 3.05) is 59.3 Å². The molecule has 0 radical (unpaired) electrons. The molecule has 71 heavy (non-hydrogen) atoms. The Bertz CT molecular complexity index is 3100. The first kappa shape index (κ1) is 46.2. The third-order valence-corrected chi connectivity index (χ3v) is 15.5. The van der Waals surface area contributed by atoms with Crippen LogP contribution in [0.15, 0.2) is 71.9 Å². The zero-order valence-electron chi connectivity index (χ0n) is 40.8. The second-order valence-electron chi connectivity index (χ2n) is 20.9. The normalized spacial score (nSPS) is 21.9. The average Bonchev–Trinajstić information content (AvgIpc) is 3.94. The first-order chi connectivity index (χ1) is 34.0. The van der Waals surface area contributed by atoms with Crippen molar-refractivity contribution in [3.05, 3.63) is 111 Å². The zero-order chi connectivity index (χ0) is 49.6. The highest BCUT2D eigenvalue weighted by Crippen LogP contribution is 2.41. The second-order valence-corrected chi connectivity index (χ2v) is 20.9. The summed E-state index contributed by atoms with van der Waals surface area (Å²) in [5, 5.41) is 16.8. The molecular formula is C53H59N11O7. The van der Waals surface area contributed by atoms with E-state index in [1.54, 1.807) is 49.5 Å². The lowest BCUT2D eigenvalue weighted by atomic mass is 9.90. The third kappa shape index (κ3) is 8.15. The number of aryl methyl sites for hydroxylation is 1. The summed E-state index contributed by atoms with van der Waals surface area (Å²) >= 11 is 0. The Labute approximate surface area is 411 Å². The summed E-state index contributed by atoms with van der Waals surface area (Å²) < 4.78 is 3.66. The van der Waals surface area contributed by atoms with Crippen molar-refractivity contribution in [2.45, 2.75) is 97.0 Å². The van der Waals surface area contributed by atoms with Gasteiger partial charge in [0.2, 0.25) is 11.8 Å². The number of pyridine rings is 3. The predicted octanol–water partition coefficient (Wildman–Crippen LogP) is 4.81. The number of aromatic nitrogens is 4. The highest BCUT2D eigenvalue weighted by Gasteiger charge is 2.45. The van der Waals surface area contributed by atoms with Gasteiger partial charge in [-0.15, -0.1) is 0 Å². The van der Waals surface area contributed by atoms with Gasteiger partial charge in [0.05, 0.1) is 29.1 Å². The summed E-state index contributed by atoms with van der Waals surface area (Å²) in [6.45, 7) is 13.6. The van der Waals surface area contributed by atoms with E-state index in [1.165, 1.54) is 15.8 Å². The summed E-state index contributed by atoms with van der Waals surface area (Å²) in [6.07, 6.45) is 8.21. The number of nitrogens with one attached hydrogen (secondary N) is 2. The van der Waals surface area contributed by atoms with Crippen molar-refractivity contribution in [2.24, 2.45) is 12.5 Å². The number of anilines is 5. The monoisotopic (exact) mass is 961 g/mol. The molecule has 368 valence electrons. The van der Waals surface area contributed by atoms with Crippen LogP contribution in [0.5, 0.6) is 0 Å². The number of aliphatic hydroxyl groups is 1. The molecule has 5 amide bonds.